The van der Waals surface area contributed by atoms with Crippen molar-refractivity contribution in [2.45, 2.75) is 30.8 Å². The van der Waals surface area contributed by atoms with E-state index in [1.54, 1.807) is 0 Å². The predicted octanol–water partition coefficient (Wildman–Crippen LogP) is 5.44. The summed E-state index contributed by atoms with van der Waals surface area (Å²) in [6, 6.07) is 29.9. The number of rotatable bonds is 5. The van der Waals surface area contributed by atoms with Crippen LogP contribution in [0, 0.1) is 5.92 Å². The van der Waals surface area contributed by atoms with Crippen molar-refractivity contribution in [2.24, 2.45) is 5.92 Å². The van der Waals surface area contributed by atoms with E-state index in [1.165, 1.54) is 29.7 Å². The second-order valence-corrected chi connectivity index (χ2v) is 8.79. The molecule has 2 atom stereocenters. The highest BCUT2D eigenvalue weighted by atomic mass is 16.3. The number of nitrogens with zero attached hydrogens (tertiary/aromatic N) is 1. The van der Waals surface area contributed by atoms with E-state index in [9.17, 15) is 5.11 Å². The molecule has 1 saturated heterocycles. The SMILES string of the molecule is OC1(c2ccc(-c3ccccc3)cc2)CCN(C[C@@H]2C[C@H]2c2ccccc2)CC1. The van der Waals surface area contributed by atoms with Crippen LogP contribution in [-0.2, 0) is 5.60 Å². The van der Waals surface area contributed by atoms with Crippen LogP contribution >= 0.6 is 0 Å². The van der Waals surface area contributed by atoms with Gasteiger partial charge in [-0.25, -0.2) is 0 Å². The van der Waals surface area contributed by atoms with E-state index in [0.717, 1.165) is 43.3 Å². The van der Waals surface area contributed by atoms with Crippen molar-refractivity contribution in [3.05, 3.63) is 96.1 Å². The minimum atomic E-state index is -0.686. The van der Waals surface area contributed by atoms with Gasteiger partial charge in [-0.05, 0) is 53.4 Å². The molecule has 1 saturated carbocycles. The fourth-order valence-electron chi connectivity index (χ4n) is 4.89. The Morgan fingerprint density at radius 2 is 1.34 bits per heavy atom. The fraction of sp³-hybridized carbons (Fsp3) is 0.333. The summed E-state index contributed by atoms with van der Waals surface area (Å²) >= 11 is 0. The minimum absolute atomic E-state index is 0.686. The first-order chi connectivity index (χ1) is 14.2. The third-order valence-electron chi connectivity index (χ3n) is 6.86. The van der Waals surface area contributed by atoms with Crippen LogP contribution in [0.25, 0.3) is 11.1 Å². The van der Waals surface area contributed by atoms with Crippen molar-refractivity contribution in [3.8, 4) is 11.1 Å². The first kappa shape index (κ1) is 18.6. The maximum Gasteiger partial charge on any atom is 0.0920 e. The molecule has 0 bridgehead atoms. The second kappa shape index (κ2) is 7.78. The molecule has 0 spiro atoms. The Kier molecular flexibility index (Phi) is 4.99. The van der Waals surface area contributed by atoms with Gasteiger partial charge >= 0.3 is 0 Å². The van der Waals surface area contributed by atoms with Crippen LogP contribution in [0.2, 0.25) is 0 Å². The molecule has 3 aromatic carbocycles. The highest BCUT2D eigenvalue weighted by molar-refractivity contribution is 5.63. The minimum Gasteiger partial charge on any atom is -0.385 e. The molecule has 0 aromatic heterocycles. The summed E-state index contributed by atoms with van der Waals surface area (Å²) in [7, 11) is 0. The average molecular weight is 384 g/mol. The first-order valence-electron chi connectivity index (χ1n) is 10.9. The lowest BCUT2D eigenvalue weighted by Gasteiger charge is -2.38. The van der Waals surface area contributed by atoms with E-state index >= 15 is 0 Å². The van der Waals surface area contributed by atoms with E-state index in [4.69, 9.17) is 0 Å². The van der Waals surface area contributed by atoms with Crippen LogP contribution in [0.5, 0.6) is 0 Å². The summed E-state index contributed by atoms with van der Waals surface area (Å²) in [5, 5.41) is 11.3. The molecule has 2 aliphatic rings. The number of likely N-dealkylation sites (tertiary alicyclic amines) is 1. The zero-order valence-corrected chi connectivity index (χ0v) is 16.9. The van der Waals surface area contributed by atoms with E-state index in [0.29, 0.717) is 0 Å². The smallest absolute Gasteiger partial charge is 0.0920 e. The normalized spacial score (nSPS) is 23.6. The van der Waals surface area contributed by atoms with E-state index in [-0.39, 0.29) is 0 Å². The van der Waals surface area contributed by atoms with Gasteiger partial charge in [0.2, 0.25) is 0 Å². The van der Waals surface area contributed by atoms with E-state index in [1.807, 2.05) is 6.07 Å². The average Bonchev–Trinajstić information content (AvgIpc) is 3.56. The van der Waals surface area contributed by atoms with Gasteiger partial charge in [0.05, 0.1) is 5.60 Å². The van der Waals surface area contributed by atoms with Crippen LogP contribution in [0.4, 0.5) is 0 Å². The van der Waals surface area contributed by atoms with E-state index < -0.39 is 5.60 Å². The van der Waals surface area contributed by atoms with Crippen LogP contribution in [0.3, 0.4) is 0 Å². The van der Waals surface area contributed by atoms with Crippen molar-refractivity contribution in [2.75, 3.05) is 19.6 Å². The van der Waals surface area contributed by atoms with Crippen molar-refractivity contribution >= 4 is 0 Å². The Labute approximate surface area is 173 Å². The molecule has 148 valence electrons. The lowest BCUT2D eigenvalue weighted by Crippen LogP contribution is -2.43. The number of hydrogen-bond acceptors (Lipinski definition) is 2. The Morgan fingerprint density at radius 1 is 0.759 bits per heavy atom. The molecule has 1 aliphatic carbocycles. The summed E-state index contributed by atoms with van der Waals surface area (Å²) in [6.45, 7) is 3.13. The lowest BCUT2D eigenvalue weighted by molar-refractivity contribution is -0.0268. The summed E-state index contributed by atoms with van der Waals surface area (Å²) in [5.74, 6) is 1.52. The molecule has 1 aliphatic heterocycles. The summed E-state index contributed by atoms with van der Waals surface area (Å²) in [6.07, 6.45) is 2.95. The summed E-state index contributed by atoms with van der Waals surface area (Å²) in [5.41, 5.74) is 4.29. The largest absolute Gasteiger partial charge is 0.385 e. The molecule has 29 heavy (non-hydrogen) atoms. The summed E-state index contributed by atoms with van der Waals surface area (Å²) in [4.78, 5) is 2.56. The van der Waals surface area contributed by atoms with E-state index in [2.05, 4.69) is 83.8 Å². The Hall–Kier alpha value is -2.42. The van der Waals surface area contributed by atoms with Crippen LogP contribution < -0.4 is 0 Å². The Morgan fingerprint density at radius 3 is 2.00 bits per heavy atom. The van der Waals surface area contributed by atoms with Crippen molar-refractivity contribution in [1.29, 1.82) is 0 Å². The highest BCUT2D eigenvalue weighted by Gasteiger charge is 2.41. The molecule has 1 N–H and O–H groups in total. The Bertz CT molecular complexity index is 927. The molecule has 3 aromatic rings. The Balaban J connectivity index is 1.18. The van der Waals surface area contributed by atoms with Crippen LogP contribution in [-0.4, -0.2) is 29.6 Å². The maximum atomic E-state index is 11.3. The molecule has 2 heteroatoms. The maximum absolute atomic E-state index is 11.3. The zero-order valence-electron chi connectivity index (χ0n) is 16.9. The highest BCUT2D eigenvalue weighted by Crippen LogP contribution is 2.48. The number of aliphatic hydroxyl groups is 1. The third kappa shape index (κ3) is 4.01. The molecule has 2 nitrogen and oxygen atoms in total. The second-order valence-electron chi connectivity index (χ2n) is 8.79. The monoisotopic (exact) mass is 383 g/mol. The van der Waals surface area contributed by atoms with Gasteiger partial charge in [-0.15, -0.1) is 0 Å². The fourth-order valence-corrected chi connectivity index (χ4v) is 4.89. The lowest BCUT2D eigenvalue weighted by atomic mass is 9.83. The molecule has 2 fully saturated rings. The number of benzene rings is 3. The quantitative estimate of drug-likeness (QED) is 0.634. The molecule has 0 radical (unpaired) electrons. The van der Waals surface area contributed by atoms with Gasteiger partial charge in [0.15, 0.2) is 0 Å². The molecule has 5 rings (SSSR count). The van der Waals surface area contributed by atoms with Gasteiger partial charge in [0, 0.05) is 19.6 Å². The van der Waals surface area contributed by atoms with Gasteiger partial charge in [-0.2, -0.15) is 0 Å². The third-order valence-corrected chi connectivity index (χ3v) is 6.86. The standard InChI is InChI=1S/C27H29NO/c29-27(25-13-11-22(12-14-25)21-7-3-1-4-8-21)15-17-28(18-16-27)20-24-19-26(24)23-9-5-2-6-10-23/h1-14,24,26,29H,15-20H2/t24-,26-/m0/s1. The molecule has 1 heterocycles. The predicted molar refractivity (Wildman–Crippen MR) is 119 cm³/mol. The van der Waals surface area contributed by atoms with Gasteiger partial charge in [-0.1, -0.05) is 84.9 Å². The number of piperidine rings is 1. The van der Waals surface area contributed by atoms with Crippen molar-refractivity contribution in [1.82, 2.24) is 4.90 Å². The molecule has 0 unspecified atom stereocenters. The number of hydrogen-bond donors (Lipinski definition) is 1. The molecular weight excluding hydrogens is 354 g/mol. The van der Waals surface area contributed by atoms with Crippen LogP contribution in [0.15, 0.2) is 84.9 Å². The van der Waals surface area contributed by atoms with Gasteiger partial charge in [0.25, 0.3) is 0 Å². The van der Waals surface area contributed by atoms with Crippen molar-refractivity contribution in [3.63, 3.8) is 0 Å². The topological polar surface area (TPSA) is 23.5 Å². The first-order valence-corrected chi connectivity index (χ1v) is 10.9. The summed E-state index contributed by atoms with van der Waals surface area (Å²) < 4.78 is 0. The van der Waals surface area contributed by atoms with Crippen LogP contribution in [0.1, 0.15) is 36.3 Å². The van der Waals surface area contributed by atoms with Gasteiger partial charge in [0.1, 0.15) is 0 Å². The van der Waals surface area contributed by atoms with Crippen molar-refractivity contribution < 1.29 is 5.11 Å². The molecular formula is C27H29NO. The van der Waals surface area contributed by atoms with Gasteiger partial charge < -0.3 is 10.0 Å². The van der Waals surface area contributed by atoms with Gasteiger partial charge in [-0.3, -0.25) is 0 Å². The zero-order chi connectivity index (χ0) is 19.7. The molecule has 0 amide bonds.